The number of carbonyl (C=O) groups excluding carboxylic acids is 3. The van der Waals surface area contributed by atoms with Crippen LogP contribution >= 0.6 is 23.2 Å². The number of nitrogens with one attached hydrogen (secondary N) is 4. The number of methoxy groups -OCH3 is 2. The molecule has 2 aromatic heterocycles. The molecule has 0 saturated heterocycles. The monoisotopic (exact) mass is 627 g/mol. The Bertz CT molecular complexity index is 1590. The van der Waals surface area contributed by atoms with Gasteiger partial charge in [-0.15, -0.1) is 5.10 Å². The number of tetrazole rings is 1. The van der Waals surface area contributed by atoms with Gasteiger partial charge in [-0.25, -0.2) is 9.78 Å². The molecule has 4 aromatic rings. The number of aromatic nitrogens is 6. The van der Waals surface area contributed by atoms with Gasteiger partial charge in [-0.2, -0.15) is 4.68 Å². The van der Waals surface area contributed by atoms with Crippen LogP contribution in [0.4, 0.5) is 10.5 Å². The van der Waals surface area contributed by atoms with Crippen LogP contribution in [0.1, 0.15) is 23.9 Å². The molecular weight excluding hydrogens is 601 g/mol. The van der Waals surface area contributed by atoms with Crippen molar-refractivity contribution >= 4 is 52.9 Å². The predicted molar refractivity (Wildman–Crippen MR) is 159 cm³/mol. The molecule has 0 aliphatic rings. The lowest BCUT2D eigenvalue weighted by atomic mass is 10.1. The van der Waals surface area contributed by atoms with Gasteiger partial charge in [-0.1, -0.05) is 35.3 Å². The van der Waals surface area contributed by atoms with Crippen molar-refractivity contribution in [3.05, 3.63) is 76.4 Å². The summed E-state index contributed by atoms with van der Waals surface area (Å²) >= 11 is 12.7. The van der Waals surface area contributed by atoms with Gasteiger partial charge < -0.3 is 25.1 Å². The second kappa shape index (κ2) is 14.9. The molecule has 43 heavy (non-hydrogen) atoms. The molecule has 3 amide bonds. The van der Waals surface area contributed by atoms with Crippen LogP contribution in [0.3, 0.4) is 0 Å². The fourth-order valence-corrected chi connectivity index (χ4v) is 4.33. The first-order valence-corrected chi connectivity index (χ1v) is 13.5. The van der Waals surface area contributed by atoms with E-state index in [2.05, 4.69) is 46.2 Å². The highest BCUT2D eigenvalue weighted by atomic mass is 35.5. The number of H-pyrrole nitrogens is 1. The van der Waals surface area contributed by atoms with Gasteiger partial charge in [-0.05, 0) is 46.8 Å². The molecule has 4 rings (SSSR count). The number of nitrogens with zero attached hydrogens (tertiary/aromatic N) is 5. The molecule has 0 aliphatic heterocycles. The summed E-state index contributed by atoms with van der Waals surface area (Å²) in [5, 5.41) is 19.9. The van der Waals surface area contributed by atoms with E-state index in [0.717, 1.165) is 0 Å². The highest BCUT2D eigenvalue weighted by Gasteiger charge is 2.23. The molecular formula is C27H27Cl2N9O5. The maximum atomic E-state index is 13.1. The van der Waals surface area contributed by atoms with E-state index in [1.54, 1.807) is 48.5 Å². The summed E-state index contributed by atoms with van der Waals surface area (Å²) < 4.78 is 11.0. The smallest absolute Gasteiger partial charge is 0.411 e. The molecule has 16 heteroatoms. The average molecular weight is 628 g/mol. The number of rotatable bonds is 12. The molecule has 0 bridgehead atoms. The van der Waals surface area contributed by atoms with Crippen molar-refractivity contribution in [3.63, 3.8) is 0 Å². The van der Waals surface area contributed by atoms with Crippen molar-refractivity contribution in [1.82, 2.24) is 40.8 Å². The average Bonchev–Trinajstić information content (AvgIpc) is 3.67. The van der Waals surface area contributed by atoms with E-state index >= 15 is 0 Å². The zero-order valence-corrected chi connectivity index (χ0v) is 24.5. The van der Waals surface area contributed by atoms with Crippen LogP contribution in [-0.2, 0) is 19.1 Å². The number of hydrogen-bond acceptors (Lipinski definition) is 9. The van der Waals surface area contributed by atoms with Crippen LogP contribution in [0.2, 0.25) is 10.2 Å². The Balaban J connectivity index is 1.56. The third-order valence-corrected chi connectivity index (χ3v) is 6.44. The molecule has 0 spiro atoms. The lowest BCUT2D eigenvalue weighted by Crippen LogP contribution is -2.34. The number of hydrogen-bond donors (Lipinski definition) is 4. The molecule has 0 saturated carbocycles. The van der Waals surface area contributed by atoms with Gasteiger partial charge in [0.1, 0.15) is 23.0 Å². The second-order valence-electron chi connectivity index (χ2n) is 8.88. The van der Waals surface area contributed by atoms with E-state index in [1.807, 2.05) is 0 Å². The number of aromatic amines is 1. The zero-order chi connectivity index (χ0) is 30.8. The molecule has 4 N–H and O–H groups in total. The summed E-state index contributed by atoms with van der Waals surface area (Å²) in [6.07, 6.45) is 3.53. The Morgan fingerprint density at radius 2 is 1.91 bits per heavy atom. The predicted octanol–water partition coefficient (Wildman–Crippen LogP) is 3.56. The second-order valence-corrected chi connectivity index (χ2v) is 9.69. The summed E-state index contributed by atoms with van der Waals surface area (Å²) in [6, 6.07) is 10.9. The highest BCUT2D eigenvalue weighted by molar-refractivity contribution is 6.32. The van der Waals surface area contributed by atoms with Gasteiger partial charge in [0, 0.05) is 41.6 Å². The maximum Gasteiger partial charge on any atom is 0.411 e. The third-order valence-electron chi connectivity index (χ3n) is 5.93. The largest absolute Gasteiger partial charge is 0.453 e. The summed E-state index contributed by atoms with van der Waals surface area (Å²) in [4.78, 5) is 44.8. The Kier molecular flexibility index (Phi) is 10.8. The first-order chi connectivity index (χ1) is 20.8. The molecule has 14 nitrogen and oxygen atoms in total. The summed E-state index contributed by atoms with van der Waals surface area (Å²) in [6.45, 7) is 0.618. The molecule has 0 fully saturated rings. The summed E-state index contributed by atoms with van der Waals surface area (Å²) in [5.41, 5.74) is 2.71. The zero-order valence-electron chi connectivity index (χ0n) is 23.0. The highest BCUT2D eigenvalue weighted by Crippen LogP contribution is 2.29. The summed E-state index contributed by atoms with van der Waals surface area (Å²) in [5.74, 6) is -0.586. The van der Waals surface area contributed by atoms with Crippen LogP contribution < -0.4 is 16.0 Å². The molecule has 224 valence electrons. The third kappa shape index (κ3) is 8.61. The van der Waals surface area contributed by atoms with E-state index in [0.29, 0.717) is 46.4 Å². The molecule has 0 unspecified atom stereocenters. The van der Waals surface area contributed by atoms with Crippen molar-refractivity contribution < 1.29 is 23.9 Å². The van der Waals surface area contributed by atoms with Crippen molar-refractivity contribution in [2.75, 3.05) is 32.7 Å². The maximum absolute atomic E-state index is 13.1. The number of anilines is 1. The van der Waals surface area contributed by atoms with Crippen molar-refractivity contribution in [1.29, 1.82) is 0 Å². The van der Waals surface area contributed by atoms with Crippen molar-refractivity contribution in [3.8, 4) is 16.9 Å². The number of benzene rings is 2. The van der Waals surface area contributed by atoms with Crippen LogP contribution in [0.15, 0.2) is 54.9 Å². The van der Waals surface area contributed by atoms with E-state index in [4.69, 9.17) is 27.9 Å². The Morgan fingerprint density at radius 1 is 1.12 bits per heavy atom. The fourth-order valence-electron chi connectivity index (χ4n) is 3.90. The minimum absolute atomic E-state index is 0.137. The number of halogens is 2. The number of imidazole rings is 1. The van der Waals surface area contributed by atoms with E-state index < -0.39 is 18.0 Å². The van der Waals surface area contributed by atoms with Crippen LogP contribution in [0, 0.1) is 0 Å². The minimum Gasteiger partial charge on any atom is -0.453 e. The minimum atomic E-state index is -0.871. The van der Waals surface area contributed by atoms with E-state index in [-0.39, 0.29) is 23.3 Å². The quantitative estimate of drug-likeness (QED) is 0.135. The Morgan fingerprint density at radius 3 is 2.60 bits per heavy atom. The van der Waals surface area contributed by atoms with Crippen LogP contribution in [0.25, 0.3) is 23.0 Å². The molecule has 2 aromatic carbocycles. The van der Waals surface area contributed by atoms with Crippen LogP contribution in [0.5, 0.6) is 0 Å². The standard InChI is InChI=1S/C27H27Cl2N9O5/c1-42-12-11-30-23(40)14-20(26-34-24(25(29)35-26)16-3-7-19(8-4-16)32-27(41)43-2)33-22(39)10-5-17-13-18(28)6-9-21(17)38-15-31-36-37-38/h3-10,13,15,20H,11-12,14H2,1-2H3,(H,30,40)(H,32,41)(H,33,39)(H,34,35)/b10-5+/t20-/m0/s1. The number of ether oxygens (including phenoxy) is 2. The molecule has 0 aliphatic carbocycles. The lowest BCUT2D eigenvalue weighted by Gasteiger charge is -2.16. The normalized spacial score (nSPS) is 11.7. The number of amides is 3. The van der Waals surface area contributed by atoms with E-state index in [9.17, 15) is 14.4 Å². The number of carbonyl (C=O) groups is 3. The van der Waals surface area contributed by atoms with Gasteiger partial charge in [0.25, 0.3) is 0 Å². The van der Waals surface area contributed by atoms with E-state index in [1.165, 1.54) is 31.3 Å². The van der Waals surface area contributed by atoms with Gasteiger partial charge in [0.2, 0.25) is 11.8 Å². The topological polar surface area (TPSA) is 178 Å². The molecule has 0 radical (unpaired) electrons. The van der Waals surface area contributed by atoms with Gasteiger partial charge >= 0.3 is 6.09 Å². The molecule has 2 heterocycles. The first-order valence-electron chi connectivity index (χ1n) is 12.7. The lowest BCUT2D eigenvalue weighted by molar-refractivity contribution is -0.122. The van der Waals surface area contributed by atoms with Crippen molar-refractivity contribution in [2.24, 2.45) is 0 Å². The Hall–Kier alpha value is -4.79. The summed E-state index contributed by atoms with van der Waals surface area (Å²) in [7, 11) is 2.79. The van der Waals surface area contributed by atoms with Gasteiger partial charge in [-0.3, -0.25) is 14.9 Å². The van der Waals surface area contributed by atoms with Crippen molar-refractivity contribution in [2.45, 2.75) is 12.5 Å². The molecule has 1 atom stereocenters. The van der Waals surface area contributed by atoms with Gasteiger partial charge in [0.15, 0.2) is 0 Å². The Labute approximate surface area is 255 Å². The SMILES string of the molecule is COCCNC(=O)C[C@H](NC(=O)/C=C/c1cc(Cl)ccc1-n1cnnn1)c1nc(-c2ccc(NC(=O)OC)cc2)c(Cl)[nH]1. The fraction of sp³-hybridized carbons (Fsp3) is 0.222. The first kappa shape index (κ1) is 31.2. The van der Waals surface area contributed by atoms with Crippen LogP contribution in [-0.4, -0.2) is 75.5 Å². The van der Waals surface area contributed by atoms with Gasteiger partial charge in [0.05, 0.1) is 31.9 Å².